The van der Waals surface area contributed by atoms with Gasteiger partial charge in [-0.2, -0.15) is 18.2 Å². The van der Waals surface area contributed by atoms with Crippen molar-refractivity contribution in [1.29, 1.82) is 0 Å². The molecule has 0 aliphatic heterocycles. The Hall–Kier alpha value is -2.15. The zero-order valence-electron chi connectivity index (χ0n) is 9.80. The summed E-state index contributed by atoms with van der Waals surface area (Å²) in [7, 11) is 0. The molecule has 104 valence electrons. The van der Waals surface area contributed by atoms with E-state index in [1.807, 2.05) is 0 Å². The Labute approximate surface area is 116 Å². The SMILES string of the molecule is O=C(N=c1ccccn1-c1ccc(Cl)nc1)C(F)(F)F. The van der Waals surface area contributed by atoms with Gasteiger partial charge in [0.05, 0.1) is 11.9 Å². The largest absolute Gasteiger partial charge is 0.473 e. The minimum atomic E-state index is -5.01. The first-order chi connectivity index (χ1) is 9.38. The number of alkyl halides is 3. The van der Waals surface area contributed by atoms with Crippen molar-refractivity contribution in [3.8, 4) is 5.69 Å². The molecule has 0 spiro atoms. The molecule has 0 radical (unpaired) electrons. The molecular formula is C12H7ClF3N3O. The number of nitrogens with zero attached hydrogens (tertiary/aromatic N) is 3. The topological polar surface area (TPSA) is 47.2 Å². The lowest BCUT2D eigenvalue weighted by atomic mass is 10.4. The molecule has 8 heteroatoms. The Bertz CT molecular complexity index is 692. The highest BCUT2D eigenvalue weighted by Crippen LogP contribution is 2.16. The maximum absolute atomic E-state index is 12.2. The van der Waals surface area contributed by atoms with Crippen LogP contribution in [-0.4, -0.2) is 21.6 Å². The molecule has 0 unspecified atom stereocenters. The lowest BCUT2D eigenvalue weighted by Gasteiger charge is -2.07. The van der Waals surface area contributed by atoms with Gasteiger partial charge in [0, 0.05) is 6.20 Å². The maximum atomic E-state index is 12.2. The van der Waals surface area contributed by atoms with E-state index < -0.39 is 12.1 Å². The van der Waals surface area contributed by atoms with Gasteiger partial charge in [0.25, 0.3) is 0 Å². The zero-order valence-corrected chi connectivity index (χ0v) is 10.6. The number of amides is 1. The summed E-state index contributed by atoms with van der Waals surface area (Å²) >= 11 is 5.64. The Morgan fingerprint density at radius 3 is 2.60 bits per heavy atom. The molecule has 0 aromatic carbocycles. The fourth-order valence-corrected chi connectivity index (χ4v) is 1.53. The van der Waals surface area contributed by atoms with Crippen molar-refractivity contribution in [2.45, 2.75) is 6.18 Å². The lowest BCUT2D eigenvalue weighted by Crippen LogP contribution is -2.26. The molecule has 0 saturated carbocycles. The summed E-state index contributed by atoms with van der Waals surface area (Å²) in [6, 6.07) is 7.38. The van der Waals surface area contributed by atoms with E-state index in [1.165, 1.54) is 35.2 Å². The molecule has 4 nitrogen and oxygen atoms in total. The predicted octanol–water partition coefficient (Wildman–Crippen LogP) is 2.52. The number of carbonyl (C=O) groups is 1. The zero-order chi connectivity index (χ0) is 14.8. The van der Waals surface area contributed by atoms with E-state index in [9.17, 15) is 18.0 Å². The molecule has 0 fully saturated rings. The number of carbonyl (C=O) groups excluding carboxylic acids is 1. The number of aromatic nitrogens is 2. The molecule has 0 aliphatic carbocycles. The molecule has 20 heavy (non-hydrogen) atoms. The predicted molar refractivity (Wildman–Crippen MR) is 65.2 cm³/mol. The highest BCUT2D eigenvalue weighted by Gasteiger charge is 2.38. The molecule has 2 rings (SSSR count). The molecule has 2 aromatic rings. The molecule has 0 atom stereocenters. The van der Waals surface area contributed by atoms with Crippen molar-refractivity contribution in [3.63, 3.8) is 0 Å². The van der Waals surface area contributed by atoms with E-state index in [0.29, 0.717) is 5.69 Å². The van der Waals surface area contributed by atoms with Gasteiger partial charge in [0.2, 0.25) is 0 Å². The first-order valence-corrected chi connectivity index (χ1v) is 5.71. The third-order valence-corrected chi connectivity index (χ3v) is 2.51. The molecule has 2 heterocycles. The third-order valence-electron chi connectivity index (χ3n) is 2.29. The van der Waals surface area contributed by atoms with Crippen LogP contribution in [-0.2, 0) is 4.79 Å². The fraction of sp³-hybridized carbons (Fsp3) is 0.0833. The van der Waals surface area contributed by atoms with Crippen molar-refractivity contribution in [2.24, 2.45) is 4.99 Å². The molecule has 1 amide bonds. The summed E-state index contributed by atoms with van der Waals surface area (Å²) in [6.07, 6.45) is -2.18. The van der Waals surface area contributed by atoms with E-state index in [0.717, 1.165) is 0 Å². The Morgan fingerprint density at radius 2 is 2.00 bits per heavy atom. The van der Waals surface area contributed by atoms with Crippen LogP contribution < -0.4 is 5.49 Å². The van der Waals surface area contributed by atoms with Crippen LogP contribution in [0.15, 0.2) is 47.7 Å². The van der Waals surface area contributed by atoms with Gasteiger partial charge >= 0.3 is 12.1 Å². The van der Waals surface area contributed by atoms with Crippen molar-refractivity contribution < 1.29 is 18.0 Å². The molecule has 0 N–H and O–H groups in total. The van der Waals surface area contributed by atoms with E-state index in [1.54, 1.807) is 12.1 Å². The number of halogens is 4. The van der Waals surface area contributed by atoms with Crippen LogP contribution in [0, 0.1) is 0 Å². The standard InChI is InChI=1S/C12H7ClF3N3O/c13-9-5-4-8(7-17-9)19-6-2-1-3-10(19)18-11(20)12(14,15)16/h1-7H. The summed E-state index contributed by atoms with van der Waals surface area (Å²) < 4.78 is 38.0. The Balaban J connectivity index is 2.54. The monoisotopic (exact) mass is 301 g/mol. The first-order valence-electron chi connectivity index (χ1n) is 5.33. The third kappa shape index (κ3) is 3.24. The summed E-state index contributed by atoms with van der Waals surface area (Å²) in [6.45, 7) is 0. The van der Waals surface area contributed by atoms with Crippen LogP contribution in [0.5, 0.6) is 0 Å². The minimum Gasteiger partial charge on any atom is -0.300 e. The number of hydrogen-bond acceptors (Lipinski definition) is 2. The molecule has 0 aliphatic rings. The summed E-state index contributed by atoms with van der Waals surface area (Å²) in [5, 5.41) is 0.245. The summed E-state index contributed by atoms with van der Waals surface area (Å²) in [5.41, 5.74) is 0.280. The van der Waals surface area contributed by atoms with Crippen LogP contribution in [0.25, 0.3) is 5.69 Å². The normalized spacial score (nSPS) is 12.5. The summed E-state index contributed by atoms with van der Waals surface area (Å²) in [4.78, 5) is 17.8. The number of pyridine rings is 2. The van der Waals surface area contributed by atoms with Crippen molar-refractivity contribution >= 4 is 17.5 Å². The molecule has 0 saturated heterocycles. The molecule has 0 bridgehead atoms. The second-order valence-corrected chi connectivity index (χ2v) is 4.07. The van der Waals surface area contributed by atoms with E-state index in [4.69, 9.17) is 11.6 Å². The van der Waals surface area contributed by atoms with Crippen LogP contribution in [0.1, 0.15) is 0 Å². The van der Waals surface area contributed by atoms with Gasteiger partial charge in [0.15, 0.2) is 0 Å². The van der Waals surface area contributed by atoms with Gasteiger partial charge in [-0.05, 0) is 24.3 Å². The van der Waals surface area contributed by atoms with Gasteiger partial charge in [-0.15, -0.1) is 0 Å². The average Bonchev–Trinajstić information content (AvgIpc) is 2.39. The number of rotatable bonds is 1. The van der Waals surface area contributed by atoms with Crippen molar-refractivity contribution in [2.75, 3.05) is 0 Å². The van der Waals surface area contributed by atoms with Gasteiger partial charge in [0.1, 0.15) is 10.6 Å². The molecular weight excluding hydrogens is 295 g/mol. The van der Waals surface area contributed by atoms with Crippen molar-refractivity contribution in [1.82, 2.24) is 9.55 Å². The average molecular weight is 302 g/mol. The Kier molecular flexibility index (Phi) is 3.89. The molecule has 2 aromatic heterocycles. The van der Waals surface area contributed by atoms with E-state index >= 15 is 0 Å². The highest BCUT2D eigenvalue weighted by atomic mass is 35.5. The maximum Gasteiger partial charge on any atom is 0.473 e. The smallest absolute Gasteiger partial charge is 0.300 e. The minimum absolute atomic E-state index is 0.154. The van der Waals surface area contributed by atoms with Gasteiger partial charge in [-0.1, -0.05) is 17.7 Å². The van der Waals surface area contributed by atoms with Crippen LogP contribution in [0.3, 0.4) is 0 Å². The van der Waals surface area contributed by atoms with Crippen LogP contribution >= 0.6 is 11.6 Å². The number of hydrogen-bond donors (Lipinski definition) is 0. The second kappa shape index (κ2) is 5.46. The van der Waals surface area contributed by atoms with Gasteiger partial charge < -0.3 is 4.57 Å². The van der Waals surface area contributed by atoms with E-state index in [2.05, 4.69) is 9.98 Å². The lowest BCUT2D eigenvalue weighted by molar-refractivity contribution is -0.169. The van der Waals surface area contributed by atoms with Gasteiger partial charge in [-0.3, -0.25) is 4.79 Å². The van der Waals surface area contributed by atoms with Crippen molar-refractivity contribution in [3.05, 3.63) is 53.4 Å². The van der Waals surface area contributed by atoms with Crippen LogP contribution in [0.4, 0.5) is 13.2 Å². The first kappa shape index (κ1) is 14.3. The second-order valence-electron chi connectivity index (χ2n) is 3.68. The van der Waals surface area contributed by atoms with Gasteiger partial charge in [-0.25, -0.2) is 4.98 Å². The van der Waals surface area contributed by atoms with Crippen LogP contribution in [0.2, 0.25) is 5.15 Å². The van der Waals surface area contributed by atoms with E-state index in [-0.39, 0.29) is 10.6 Å². The fourth-order valence-electron chi connectivity index (χ4n) is 1.42. The summed E-state index contributed by atoms with van der Waals surface area (Å²) in [5.74, 6) is -2.17. The highest BCUT2D eigenvalue weighted by molar-refractivity contribution is 6.29. The Morgan fingerprint density at radius 1 is 1.25 bits per heavy atom. The quantitative estimate of drug-likeness (QED) is 0.760.